The molecule has 2 heterocycles. The van der Waals surface area contributed by atoms with Crippen LogP contribution in [0.2, 0.25) is 0 Å². The van der Waals surface area contributed by atoms with Crippen molar-refractivity contribution >= 4 is 11.6 Å². The third-order valence-electron chi connectivity index (χ3n) is 2.85. The second-order valence-corrected chi connectivity index (χ2v) is 4.50. The van der Waals surface area contributed by atoms with Gasteiger partial charge in [-0.25, -0.2) is 4.98 Å². The van der Waals surface area contributed by atoms with E-state index in [9.17, 15) is 0 Å². The van der Waals surface area contributed by atoms with Crippen molar-refractivity contribution < 1.29 is 9.47 Å². The highest BCUT2D eigenvalue weighted by molar-refractivity contribution is 5.51. The van der Waals surface area contributed by atoms with Crippen LogP contribution in [0.4, 0.5) is 11.6 Å². The van der Waals surface area contributed by atoms with Gasteiger partial charge < -0.3 is 19.4 Å². The summed E-state index contributed by atoms with van der Waals surface area (Å²) in [6.07, 6.45) is 5.71. The van der Waals surface area contributed by atoms with Gasteiger partial charge in [-0.2, -0.15) is 5.10 Å². The Morgan fingerprint density at radius 3 is 2.65 bits per heavy atom. The first-order chi connectivity index (χ1) is 9.72. The number of ether oxygens (including phenoxy) is 2. The molecule has 0 fully saturated rings. The Labute approximate surface area is 118 Å². The third-order valence-corrected chi connectivity index (χ3v) is 2.85. The highest BCUT2D eigenvalue weighted by Crippen LogP contribution is 2.15. The molecule has 2 aromatic rings. The second-order valence-electron chi connectivity index (χ2n) is 4.50. The molecule has 20 heavy (non-hydrogen) atoms. The van der Waals surface area contributed by atoms with E-state index in [1.165, 1.54) is 0 Å². The lowest BCUT2D eigenvalue weighted by Crippen LogP contribution is -2.07. The van der Waals surface area contributed by atoms with Gasteiger partial charge in [0.05, 0.1) is 37.3 Å². The minimum atomic E-state index is 0.642. The lowest BCUT2D eigenvalue weighted by molar-refractivity contribution is 0.183. The molecule has 0 saturated heterocycles. The molecule has 0 unspecified atom stereocenters. The summed E-state index contributed by atoms with van der Waals surface area (Å²) in [5.41, 5.74) is 1.88. The van der Waals surface area contributed by atoms with E-state index in [0.717, 1.165) is 30.4 Å². The lowest BCUT2D eigenvalue weighted by Gasteiger charge is -2.07. The van der Waals surface area contributed by atoms with Crippen molar-refractivity contribution in [3.05, 3.63) is 24.3 Å². The van der Waals surface area contributed by atoms with Crippen LogP contribution in [0.3, 0.4) is 0 Å². The van der Waals surface area contributed by atoms with Gasteiger partial charge in [-0.15, -0.1) is 0 Å². The molecule has 0 saturated carbocycles. The number of imidazole rings is 1. The van der Waals surface area contributed by atoms with Crippen LogP contribution in [-0.2, 0) is 22.6 Å². The van der Waals surface area contributed by atoms with Crippen LogP contribution in [0, 0.1) is 6.92 Å². The molecule has 110 valence electrons. The molecule has 7 heteroatoms. The van der Waals surface area contributed by atoms with Crippen LogP contribution in [0.15, 0.2) is 18.6 Å². The zero-order valence-electron chi connectivity index (χ0n) is 12.2. The zero-order chi connectivity index (χ0) is 14.4. The summed E-state index contributed by atoms with van der Waals surface area (Å²) in [5.74, 6) is 0.797. The number of nitrogens with one attached hydrogen (secondary N) is 1. The van der Waals surface area contributed by atoms with E-state index < -0.39 is 0 Å². The van der Waals surface area contributed by atoms with Crippen LogP contribution in [0.25, 0.3) is 0 Å². The molecule has 0 aromatic carbocycles. The van der Waals surface area contributed by atoms with Crippen molar-refractivity contribution in [3.63, 3.8) is 0 Å². The smallest absolute Gasteiger partial charge is 0.207 e. The fourth-order valence-corrected chi connectivity index (χ4v) is 1.87. The van der Waals surface area contributed by atoms with Gasteiger partial charge >= 0.3 is 0 Å². The first-order valence-electron chi connectivity index (χ1n) is 6.54. The first kappa shape index (κ1) is 14.5. The van der Waals surface area contributed by atoms with Gasteiger partial charge in [-0.05, 0) is 6.92 Å². The fourth-order valence-electron chi connectivity index (χ4n) is 1.87. The van der Waals surface area contributed by atoms with E-state index in [-0.39, 0.29) is 0 Å². The minimum absolute atomic E-state index is 0.642. The molecule has 0 aliphatic carbocycles. The van der Waals surface area contributed by atoms with Crippen molar-refractivity contribution in [1.82, 2.24) is 19.3 Å². The number of methoxy groups -OCH3 is 2. The largest absolute Gasteiger partial charge is 0.383 e. The quantitative estimate of drug-likeness (QED) is 0.791. The van der Waals surface area contributed by atoms with Gasteiger partial charge in [-0.3, -0.25) is 4.68 Å². The summed E-state index contributed by atoms with van der Waals surface area (Å²) in [7, 11) is 3.37. The van der Waals surface area contributed by atoms with Crippen molar-refractivity contribution in [1.29, 1.82) is 0 Å². The molecule has 0 bridgehead atoms. The minimum Gasteiger partial charge on any atom is -0.383 e. The number of aromatic nitrogens is 4. The monoisotopic (exact) mass is 279 g/mol. The van der Waals surface area contributed by atoms with Gasteiger partial charge in [0.2, 0.25) is 5.95 Å². The molecular weight excluding hydrogens is 258 g/mol. The van der Waals surface area contributed by atoms with Crippen molar-refractivity contribution in [2.45, 2.75) is 20.0 Å². The Balaban J connectivity index is 2.03. The standard InChI is InChI=1S/C13H21N5O2/c1-11-9-17(4-6-19-2)13(15-11)16-12-8-14-18(10-12)5-7-20-3/h8-10H,4-7H2,1-3H3,(H,15,16). The van der Waals surface area contributed by atoms with Gasteiger partial charge in [0.15, 0.2) is 0 Å². The number of hydrogen-bond acceptors (Lipinski definition) is 5. The number of rotatable bonds is 8. The summed E-state index contributed by atoms with van der Waals surface area (Å²) in [6, 6.07) is 0. The number of hydrogen-bond donors (Lipinski definition) is 1. The van der Waals surface area contributed by atoms with Crippen LogP contribution in [-0.4, -0.2) is 46.8 Å². The summed E-state index contributed by atoms with van der Waals surface area (Å²) >= 11 is 0. The lowest BCUT2D eigenvalue weighted by atomic mass is 10.5. The fraction of sp³-hybridized carbons (Fsp3) is 0.538. The summed E-state index contributed by atoms with van der Waals surface area (Å²) < 4.78 is 14.0. The zero-order valence-corrected chi connectivity index (χ0v) is 12.2. The molecule has 0 spiro atoms. The topological polar surface area (TPSA) is 66.1 Å². The molecule has 0 atom stereocenters. The maximum absolute atomic E-state index is 5.10. The number of nitrogens with zero attached hydrogens (tertiary/aromatic N) is 4. The van der Waals surface area contributed by atoms with E-state index in [1.54, 1.807) is 20.4 Å². The second kappa shape index (κ2) is 7.06. The van der Waals surface area contributed by atoms with Crippen LogP contribution in [0.5, 0.6) is 0 Å². The Bertz CT molecular complexity index is 535. The predicted molar refractivity (Wildman–Crippen MR) is 76.2 cm³/mol. The average Bonchev–Trinajstić information content (AvgIpc) is 3.01. The Kier molecular flexibility index (Phi) is 5.14. The van der Waals surface area contributed by atoms with Gasteiger partial charge in [-0.1, -0.05) is 0 Å². The normalized spacial score (nSPS) is 10.9. The molecule has 0 aliphatic heterocycles. The summed E-state index contributed by atoms with van der Waals surface area (Å²) in [6.45, 7) is 4.75. The molecule has 7 nitrogen and oxygen atoms in total. The molecule has 0 radical (unpaired) electrons. The van der Waals surface area contributed by atoms with Gasteiger partial charge in [0.25, 0.3) is 0 Å². The van der Waals surface area contributed by atoms with E-state index >= 15 is 0 Å². The molecule has 2 aromatic heterocycles. The Morgan fingerprint density at radius 1 is 1.15 bits per heavy atom. The van der Waals surface area contributed by atoms with Crippen LogP contribution >= 0.6 is 0 Å². The van der Waals surface area contributed by atoms with Gasteiger partial charge in [0, 0.05) is 33.2 Å². The predicted octanol–water partition coefficient (Wildman–Crippen LogP) is 1.42. The SMILES string of the molecule is COCCn1cc(Nc2nc(C)cn2CCOC)cn1. The highest BCUT2D eigenvalue weighted by Gasteiger charge is 2.07. The van der Waals surface area contributed by atoms with E-state index in [4.69, 9.17) is 9.47 Å². The number of anilines is 2. The van der Waals surface area contributed by atoms with Crippen LogP contribution in [0.1, 0.15) is 5.69 Å². The van der Waals surface area contributed by atoms with Gasteiger partial charge in [0.1, 0.15) is 0 Å². The van der Waals surface area contributed by atoms with Crippen molar-refractivity contribution in [2.75, 3.05) is 32.8 Å². The Hall–Kier alpha value is -1.86. The average molecular weight is 279 g/mol. The summed E-state index contributed by atoms with van der Waals surface area (Å²) in [5, 5.41) is 7.53. The van der Waals surface area contributed by atoms with E-state index in [0.29, 0.717) is 13.2 Å². The number of aryl methyl sites for hydroxylation is 1. The van der Waals surface area contributed by atoms with Crippen molar-refractivity contribution in [2.24, 2.45) is 0 Å². The molecule has 0 aliphatic rings. The molecule has 0 amide bonds. The highest BCUT2D eigenvalue weighted by atomic mass is 16.5. The maximum atomic E-state index is 5.10. The molecular formula is C13H21N5O2. The van der Waals surface area contributed by atoms with Crippen LogP contribution < -0.4 is 5.32 Å². The van der Waals surface area contributed by atoms with Crippen molar-refractivity contribution in [3.8, 4) is 0 Å². The Morgan fingerprint density at radius 2 is 1.90 bits per heavy atom. The third kappa shape index (κ3) is 3.82. The molecule has 1 N–H and O–H groups in total. The first-order valence-corrected chi connectivity index (χ1v) is 6.54. The maximum Gasteiger partial charge on any atom is 0.207 e. The van der Waals surface area contributed by atoms with E-state index in [1.807, 2.05) is 28.6 Å². The van der Waals surface area contributed by atoms with E-state index in [2.05, 4.69) is 15.4 Å². The molecule has 2 rings (SSSR count). The summed E-state index contributed by atoms with van der Waals surface area (Å²) in [4.78, 5) is 4.46.